The standard InChI is InChI=1S/2C2H2Br2/c2*3-1-2-4/h2*1-2H. The summed E-state index contributed by atoms with van der Waals surface area (Å²) in [5, 5.41) is 0. The van der Waals surface area contributed by atoms with Gasteiger partial charge in [0.25, 0.3) is 0 Å². The first-order valence-corrected chi connectivity index (χ1v) is 5.20. The molecule has 0 rings (SSSR count). The quantitative estimate of drug-likeness (QED) is 0.588. The number of rotatable bonds is 0. The van der Waals surface area contributed by atoms with Crippen LogP contribution >= 0.6 is 63.7 Å². The zero-order valence-corrected chi connectivity index (χ0v) is 10.2. The highest BCUT2D eigenvalue weighted by molar-refractivity contribution is 9.13. The van der Waals surface area contributed by atoms with Gasteiger partial charge in [-0.05, 0) is 19.9 Å². The van der Waals surface area contributed by atoms with Crippen molar-refractivity contribution in [1.29, 1.82) is 0 Å². The van der Waals surface area contributed by atoms with Gasteiger partial charge in [-0.15, -0.1) is 0 Å². The average molecular weight is 372 g/mol. The normalized spacial score (nSPS) is 9.50. The molecule has 0 heterocycles. The lowest BCUT2D eigenvalue weighted by Gasteiger charge is -1.44. The number of hydrogen-bond donors (Lipinski definition) is 0. The molecule has 0 amide bonds. The first-order chi connectivity index (χ1) is 3.83. The Labute approximate surface area is 82.9 Å². The van der Waals surface area contributed by atoms with Gasteiger partial charge in [0, 0.05) is 0 Å². The van der Waals surface area contributed by atoms with Crippen LogP contribution < -0.4 is 0 Å². The minimum atomic E-state index is 1.73. The van der Waals surface area contributed by atoms with E-state index in [0.29, 0.717) is 0 Å². The minimum absolute atomic E-state index is 1.73. The van der Waals surface area contributed by atoms with Gasteiger partial charge in [0.1, 0.15) is 0 Å². The Morgan fingerprint density at radius 1 is 0.500 bits per heavy atom. The van der Waals surface area contributed by atoms with E-state index in [1.165, 1.54) is 0 Å². The Kier molecular flexibility index (Phi) is 23.9. The van der Waals surface area contributed by atoms with Gasteiger partial charge in [-0.3, -0.25) is 0 Å². The molecule has 8 heavy (non-hydrogen) atoms. The highest BCUT2D eigenvalue weighted by Gasteiger charge is 1.39. The van der Waals surface area contributed by atoms with Gasteiger partial charge in [0.05, 0.1) is 0 Å². The van der Waals surface area contributed by atoms with Crippen LogP contribution in [-0.4, -0.2) is 0 Å². The van der Waals surface area contributed by atoms with Gasteiger partial charge < -0.3 is 0 Å². The Balaban J connectivity index is 0. The van der Waals surface area contributed by atoms with Gasteiger partial charge in [-0.25, -0.2) is 0 Å². The molecule has 0 saturated carbocycles. The van der Waals surface area contributed by atoms with Crippen molar-refractivity contribution in [2.24, 2.45) is 0 Å². The van der Waals surface area contributed by atoms with E-state index in [0.717, 1.165) is 0 Å². The molecule has 0 nitrogen and oxygen atoms in total. The summed E-state index contributed by atoms with van der Waals surface area (Å²) in [4.78, 5) is 6.92. The Morgan fingerprint density at radius 2 is 0.625 bits per heavy atom. The lowest BCUT2D eigenvalue weighted by atomic mass is 11.3. The fraction of sp³-hybridized carbons (Fsp3) is 0. The molecular formula is C4H4Br4. The molecule has 0 aromatic heterocycles. The second-order valence-electron chi connectivity index (χ2n) is 0.504. The second kappa shape index (κ2) is 15.8. The molecule has 0 aromatic rings. The second-order valence-corrected chi connectivity index (χ2v) is 2.62. The fourth-order valence-electron chi connectivity index (χ4n) is 0. The molecule has 0 N–H and O–H groups in total. The first kappa shape index (κ1) is 12.1. The largest absolute Gasteiger partial charge is 0.0589 e. The summed E-state index contributed by atoms with van der Waals surface area (Å²) in [7, 11) is 0. The lowest BCUT2D eigenvalue weighted by molar-refractivity contribution is 2.65. The summed E-state index contributed by atoms with van der Waals surface area (Å²) >= 11 is 12.1. The Hall–Kier alpha value is 1.40. The molecule has 0 spiro atoms. The zero-order chi connectivity index (χ0) is 6.83. The van der Waals surface area contributed by atoms with E-state index in [9.17, 15) is 0 Å². The molecule has 0 saturated heterocycles. The van der Waals surface area contributed by atoms with E-state index in [1.54, 1.807) is 19.9 Å². The summed E-state index contributed by atoms with van der Waals surface area (Å²) in [6.45, 7) is 0. The highest BCUT2D eigenvalue weighted by Crippen LogP contribution is 1.86. The van der Waals surface area contributed by atoms with Crippen molar-refractivity contribution in [3.63, 3.8) is 0 Å². The predicted octanol–water partition coefficient (Wildman–Crippen LogP) is 4.49. The summed E-state index contributed by atoms with van der Waals surface area (Å²) in [6.07, 6.45) is 0. The maximum atomic E-state index is 3.02. The third-order valence-electron chi connectivity index (χ3n) is 0.0952. The van der Waals surface area contributed by atoms with Crippen LogP contribution in [0.5, 0.6) is 0 Å². The smallest absolute Gasteiger partial charge is 0.0120 e. The van der Waals surface area contributed by atoms with E-state index in [1.807, 2.05) is 0 Å². The Morgan fingerprint density at radius 3 is 0.625 bits per heavy atom. The average Bonchev–Trinajstić information content (AvgIpc) is 1.88. The maximum absolute atomic E-state index is 3.02. The summed E-state index contributed by atoms with van der Waals surface area (Å²) < 4.78 is 0. The van der Waals surface area contributed by atoms with E-state index in [2.05, 4.69) is 63.7 Å². The van der Waals surface area contributed by atoms with Crippen molar-refractivity contribution in [1.82, 2.24) is 0 Å². The van der Waals surface area contributed by atoms with Crippen molar-refractivity contribution in [2.45, 2.75) is 0 Å². The van der Waals surface area contributed by atoms with Crippen LogP contribution in [0, 0.1) is 0 Å². The van der Waals surface area contributed by atoms with Crippen LogP contribution in [0.15, 0.2) is 19.9 Å². The third-order valence-corrected chi connectivity index (χ3v) is 2.57. The summed E-state index contributed by atoms with van der Waals surface area (Å²) in [5.74, 6) is 0. The van der Waals surface area contributed by atoms with Crippen molar-refractivity contribution in [2.75, 3.05) is 0 Å². The maximum Gasteiger partial charge on any atom is -0.0120 e. The zero-order valence-electron chi connectivity index (χ0n) is 3.82. The van der Waals surface area contributed by atoms with Crippen LogP contribution in [0.3, 0.4) is 0 Å². The predicted molar refractivity (Wildman–Crippen MR) is 54.0 cm³/mol. The first-order valence-electron chi connectivity index (χ1n) is 1.54. The van der Waals surface area contributed by atoms with E-state index >= 15 is 0 Å². The van der Waals surface area contributed by atoms with Crippen LogP contribution in [-0.2, 0) is 0 Å². The van der Waals surface area contributed by atoms with Crippen molar-refractivity contribution in [3.05, 3.63) is 19.9 Å². The van der Waals surface area contributed by atoms with Gasteiger partial charge in [0.2, 0.25) is 0 Å². The number of halogens is 4. The van der Waals surface area contributed by atoms with Crippen molar-refractivity contribution in [3.8, 4) is 0 Å². The van der Waals surface area contributed by atoms with Gasteiger partial charge >= 0.3 is 0 Å². The molecule has 0 aliphatic heterocycles. The van der Waals surface area contributed by atoms with Crippen LogP contribution in [0.25, 0.3) is 0 Å². The van der Waals surface area contributed by atoms with Crippen LogP contribution in [0.1, 0.15) is 0 Å². The molecule has 0 fully saturated rings. The lowest BCUT2D eigenvalue weighted by Crippen LogP contribution is -1.07. The van der Waals surface area contributed by atoms with Crippen molar-refractivity contribution < 1.29 is 0 Å². The molecule has 0 radical (unpaired) electrons. The van der Waals surface area contributed by atoms with Gasteiger partial charge in [-0.1, -0.05) is 63.7 Å². The van der Waals surface area contributed by atoms with Crippen LogP contribution in [0.4, 0.5) is 0 Å². The third kappa shape index (κ3) is 26.2. The monoisotopic (exact) mass is 368 g/mol. The molecule has 0 unspecified atom stereocenters. The highest BCUT2D eigenvalue weighted by atomic mass is 79.9. The minimum Gasteiger partial charge on any atom is -0.0589 e. The molecule has 0 bridgehead atoms. The molecule has 4 heteroatoms. The number of hydrogen-bond acceptors (Lipinski definition) is 0. The molecule has 0 aromatic carbocycles. The molecule has 48 valence electrons. The molecule has 0 aliphatic carbocycles. The van der Waals surface area contributed by atoms with Crippen LogP contribution in [0.2, 0.25) is 0 Å². The Bertz CT molecular complexity index is 48.4. The van der Waals surface area contributed by atoms with E-state index in [4.69, 9.17) is 0 Å². The fourth-order valence-corrected chi connectivity index (χ4v) is 0. The summed E-state index contributed by atoms with van der Waals surface area (Å²) in [5.41, 5.74) is 0. The van der Waals surface area contributed by atoms with Crippen molar-refractivity contribution >= 4 is 63.7 Å². The SMILES string of the molecule is BrC=CBr.BrC=CBr. The molecule has 0 aliphatic rings. The molecular weight excluding hydrogens is 368 g/mol. The van der Waals surface area contributed by atoms with E-state index < -0.39 is 0 Å². The van der Waals surface area contributed by atoms with E-state index in [-0.39, 0.29) is 0 Å². The summed E-state index contributed by atoms with van der Waals surface area (Å²) in [6, 6.07) is 0. The topological polar surface area (TPSA) is 0 Å². The van der Waals surface area contributed by atoms with Gasteiger partial charge in [-0.2, -0.15) is 0 Å². The molecule has 0 atom stereocenters. The van der Waals surface area contributed by atoms with Gasteiger partial charge in [0.15, 0.2) is 0 Å².